The number of amides is 1. The zero-order valence-electron chi connectivity index (χ0n) is 18.9. The van der Waals surface area contributed by atoms with Gasteiger partial charge in [0.15, 0.2) is 7.26 Å². The van der Waals surface area contributed by atoms with Crippen LogP contribution in [-0.2, 0) is 4.79 Å². The molecule has 1 amide bonds. The van der Waals surface area contributed by atoms with Gasteiger partial charge in [0.2, 0.25) is 11.3 Å². The predicted molar refractivity (Wildman–Crippen MR) is 149 cm³/mol. The molecular weight excluding hydrogens is 627 g/mol. The number of halogens is 3. The van der Waals surface area contributed by atoms with Gasteiger partial charge in [-0.15, -0.1) is 0 Å². The Morgan fingerprint density at radius 1 is 0.714 bits per heavy atom. The summed E-state index contributed by atoms with van der Waals surface area (Å²) in [7, 11) is -2.55. The normalized spacial score (nSPS) is 11.7. The molecule has 0 radical (unpaired) electrons. The van der Waals surface area contributed by atoms with Crippen LogP contribution in [0.1, 0.15) is 6.92 Å². The molecule has 0 aliphatic carbocycles. The van der Waals surface area contributed by atoms with E-state index in [0.29, 0.717) is 14.8 Å². The first-order chi connectivity index (χ1) is 16.5. The summed E-state index contributed by atoms with van der Waals surface area (Å²) in [4.78, 5) is 13.5. The van der Waals surface area contributed by atoms with E-state index in [1.54, 1.807) is 0 Å². The van der Waals surface area contributed by atoms with Crippen molar-refractivity contribution in [3.8, 4) is 0 Å². The van der Waals surface area contributed by atoms with Crippen LogP contribution in [0.15, 0.2) is 130 Å². The number of hydrogen-bond acceptors (Lipinski definition) is 2. The Balaban J connectivity index is 0.00000342. The fraction of sp³-hybridized carbons (Fsp3) is 0.0357. The monoisotopic (exact) mass is 649 g/mol. The van der Waals surface area contributed by atoms with Crippen molar-refractivity contribution in [2.45, 2.75) is 11.8 Å². The van der Waals surface area contributed by atoms with Crippen molar-refractivity contribution >= 4 is 64.0 Å². The van der Waals surface area contributed by atoms with E-state index < -0.39 is 7.26 Å². The average Bonchev–Trinajstić information content (AvgIpc) is 2.87. The topological polar surface area (TPSA) is 29.1 Å². The van der Waals surface area contributed by atoms with Gasteiger partial charge < -0.3 is 24.0 Å². The molecule has 0 aliphatic rings. The van der Waals surface area contributed by atoms with E-state index in [4.69, 9.17) is 23.2 Å². The molecule has 4 aromatic rings. The van der Waals surface area contributed by atoms with Crippen molar-refractivity contribution in [2.24, 2.45) is 0 Å². The summed E-state index contributed by atoms with van der Waals surface area (Å²) in [5.74, 6) is -0.169. The molecule has 4 aromatic carbocycles. The van der Waals surface area contributed by atoms with Gasteiger partial charge in [0.05, 0.1) is 0 Å². The second-order valence-electron chi connectivity index (χ2n) is 7.54. The summed E-state index contributed by atoms with van der Waals surface area (Å²) in [6.45, 7) is 1.52. The number of nitrogens with one attached hydrogen (secondary N) is 1. The quantitative estimate of drug-likeness (QED) is 0.187. The first-order valence-electron chi connectivity index (χ1n) is 10.7. The number of benzene rings is 4. The van der Waals surface area contributed by atoms with Crippen LogP contribution in [0.25, 0.3) is 0 Å². The summed E-state index contributed by atoms with van der Waals surface area (Å²) in [5, 5.41) is 7.13. The second kappa shape index (κ2) is 12.9. The van der Waals surface area contributed by atoms with Crippen LogP contribution in [0.4, 0.5) is 0 Å². The highest BCUT2D eigenvalue weighted by Gasteiger charge is 2.52. The van der Waals surface area contributed by atoms with Gasteiger partial charge in [0.25, 0.3) is 0 Å². The fourth-order valence-corrected chi connectivity index (χ4v) is 9.99. The Kier molecular flexibility index (Phi) is 10.3. The van der Waals surface area contributed by atoms with Gasteiger partial charge in [0.1, 0.15) is 20.3 Å². The zero-order valence-corrected chi connectivity index (χ0v) is 24.2. The molecule has 178 valence electrons. The lowest BCUT2D eigenvalue weighted by atomic mass is 10.4. The lowest BCUT2D eigenvalue weighted by Gasteiger charge is -2.29. The Hall–Kier alpha value is -1.82. The van der Waals surface area contributed by atoms with Gasteiger partial charge in [-0.3, -0.25) is 10.1 Å². The summed E-state index contributed by atoms with van der Waals surface area (Å²) in [5.41, 5.74) is 0.713. The minimum absolute atomic E-state index is 0. The Bertz CT molecular complexity index is 1190. The molecule has 4 rings (SSSR count). The minimum Gasteiger partial charge on any atom is -1.00 e. The van der Waals surface area contributed by atoms with Crippen molar-refractivity contribution < 1.29 is 28.8 Å². The summed E-state index contributed by atoms with van der Waals surface area (Å²) in [6, 6.07) is 38.4. The van der Waals surface area contributed by atoms with Crippen LogP contribution < -0.4 is 45.2 Å². The van der Waals surface area contributed by atoms with Crippen molar-refractivity contribution in [1.82, 2.24) is 5.32 Å². The summed E-state index contributed by atoms with van der Waals surface area (Å²) >= 11 is 14.6. The lowest BCUT2D eigenvalue weighted by molar-refractivity contribution is -0.118. The van der Waals surface area contributed by atoms with Gasteiger partial charge in [-0.2, -0.15) is 0 Å². The molecule has 0 aromatic heterocycles. The van der Waals surface area contributed by atoms with E-state index >= 15 is 0 Å². The highest BCUT2D eigenvalue weighted by atomic mass is 127. The van der Waals surface area contributed by atoms with Crippen LogP contribution >= 0.6 is 42.2 Å². The average molecular weight is 650 g/mol. The smallest absolute Gasteiger partial charge is 0.223 e. The summed E-state index contributed by atoms with van der Waals surface area (Å²) < 4.78 is 0.516. The predicted octanol–water partition coefficient (Wildman–Crippen LogP) is 3.93. The zero-order chi connectivity index (χ0) is 24.0. The first-order valence-corrected chi connectivity index (χ1v) is 14.0. The third-order valence-electron chi connectivity index (χ3n) is 5.27. The highest BCUT2D eigenvalue weighted by molar-refractivity contribution is 8.06. The van der Waals surface area contributed by atoms with Gasteiger partial charge in [-0.25, -0.2) is 0 Å². The minimum atomic E-state index is -2.55. The molecule has 2 nitrogen and oxygen atoms in total. The van der Waals surface area contributed by atoms with Gasteiger partial charge in [-0.05, 0) is 60.7 Å². The third-order valence-corrected chi connectivity index (χ3v) is 11.3. The molecule has 0 atom stereocenters. The Morgan fingerprint density at radius 2 is 1.11 bits per heavy atom. The number of rotatable bonds is 7. The van der Waals surface area contributed by atoms with Crippen LogP contribution in [0.2, 0.25) is 5.02 Å². The molecular formula is C28H23Cl2INOPS. The van der Waals surface area contributed by atoms with E-state index in [2.05, 4.69) is 41.7 Å². The van der Waals surface area contributed by atoms with E-state index in [0.717, 1.165) is 20.8 Å². The Morgan fingerprint density at radius 3 is 1.49 bits per heavy atom. The van der Waals surface area contributed by atoms with E-state index in [1.165, 1.54) is 18.7 Å². The molecule has 0 spiro atoms. The number of carbonyl (C=O) groups is 1. The standard InChI is InChI=1S/C28H22Cl2NOPS.HI/c1-21(32)31-28(27(30)34-26-19-17-22(29)18-20-26)33(23-11-5-2-6-12-23,24-13-7-3-8-14-24)25-15-9-4-10-16-25;/h2-20H,1H3;1H. The number of hydrogen-bond donors (Lipinski definition) is 1. The maximum Gasteiger partial charge on any atom is 0.223 e. The summed E-state index contributed by atoms with van der Waals surface area (Å²) in [6.07, 6.45) is 0. The molecule has 35 heavy (non-hydrogen) atoms. The molecule has 0 aliphatic heterocycles. The number of thioether (sulfide) groups is 1. The molecule has 0 bridgehead atoms. The molecule has 0 saturated carbocycles. The first kappa shape index (κ1) is 27.8. The molecule has 1 N–H and O–H groups in total. The largest absolute Gasteiger partial charge is 1.00 e. The molecule has 0 fully saturated rings. The molecule has 0 saturated heterocycles. The number of carbonyl (C=O) groups excluding carboxylic acids is 1. The highest BCUT2D eigenvalue weighted by Crippen LogP contribution is 2.63. The molecule has 7 heteroatoms. The van der Waals surface area contributed by atoms with E-state index in [1.807, 2.05) is 78.9 Å². The van der Waals surface area contributed by atoms with Gasteiger partial charge in [-0.1, -0.05) is 89.6 Å². The third kappa shape index (κ3) is 6.31. The lowest BCUT2D eigenvalue weighted by Crippen LogP contribution is -3.00. The van der Waals surface area contributed by atoms with Crippen LogP contribution in [0, 0.1) is 0 Å². The van der Waals surface area contributed by atoms with Crippen molar-refractivity contribution in [3.63, 3.8) is 0 Å². The van der Waals surface area contributed by atoms with Crippen molar-refractivity contribution in [2.75, 3.05) is 0 Å². The fourth-order valence-electron chi connectivity index (χ4n) is 3.88. The van der Waals surface area contributed by atoms with Crippen molar-refractivity contribution in [1.29, 1.82) is 0 Å². The molecule has 0 heterocycles. The Labute approximate surface area is 238 Å². The second-order valence-corrected chi connectivity index (χ2v) is 13.0. The van der Waals surface area contributed by atoms with Gasteiger partial charge in [0, 0.05) is 16.8 Å². The van der Waals surface area contributed by atoms with E-state index in [-0.39, 0.29) is 29.9 Å². The van der Waals surface area contributed by atoms with E-state index in [9.17, 15) is 4.79 Å². The maximum absolute atomic E-state index is 12.6. The van der Waals surface area contributed by atoms with Crippen LogP contribution in [0.3, 0.4) is 0 Å². The SMILES string of the molecule is CC(=O)NC(=C(Cl)Sc1ccc(Cl)cc1)[P+](c1ccccc1)(c1ccccc1)c1ccccc1.[I-]. The van der Waals surface area contributed by atoms with Crippen LogP contribution in [-0.4, -0.2) is 5.91 Å². The molecule has 0 unspecified atom stereocenters. The van der Waals surface area contributed by atoms with Crippen LogP contribution in [0.5, 0.6) is 0 Å². The van der Waals surface area contributed by atoms with Gasteiger partial charge >= 0.3 is 0 Å². The van der Waals surface area contributed by atoms with Crippen molar-refractivity contribution in [3.05, 3.63) is 130 Å². The maximum atomic E-state index is 12.6.